The van der Waals surface area contributed by atoms with Crippen molar-refractivity contribution in [3.05, 3.63) is 35.9 Å². The Hall–Kier alpha value is -0.860. The van der Waals surface area contributed by atoms with Crippen molar-refractivity contribution >= 4 is 0 Å². The number of likely N-dealkylation sites (N-methyl/N-ethyl adjacent to an activating group) is 1. The second-order valence-corrected chi connectivity index (χ2v) is 5.21. The van der Waals surface area contributed by atoms with E-state index in [9.17, 15) is 0 Å². The van der Waals surface area contributed by atoms with Crippen LogP contribution in [-0.2, 0) is 10.2 Å². The van der Waals surface area contributed by atoms with Gasteiger partial charge in [0, 0.05) is 5.41 Å². The van der Waals surface area contributed by atoms with Crippen LogP contribution >= 0.6 is 0 Å². The lowest BCUT2D eigenvalue weighted by atomic mass is 9.92. The summed E-state index contributed by atoms with van der Waals surface area (Å²) in [5, 5.41) is 0. The van der Waals surface area contributed by atoms with Crippen LogP contribution < -0.4 is 0 Å². The lowest BCUT2D eigenvalue weighted by Gasteiger charge is -2.33. The van der Waals surface area contributed by atoms with Crippen molar-refractivity contribution in [1.82, 2.24) is 4.90 Å². The van der Waals surface area contributed by atoms with Crippen LogP contribution in [0.15, 0.2) is 30.3 Å². The molecule has 1 aliphatic carbocycles. The van der Waals surface area contributed by atoms with Crippen LogP contribution in [0.3, 0.4) is 0 Å². The Kier molecular flexibility index (Phi) is 2.72. The first kappa shape index (κ1) is 11.2. The molecule has 2 nitrogen and oxygen atoms in total. The molecular formula is C15H21NO. The zero-order valence-corrected chi connectivity index (χ0v) is 10.7. The van der Waals surface area contributed by atoms with E-state index in [1.165, 1.54) is 12.0 Å². The van der Waals surface area contributed by atoms with Gasteiger partial charge in [-0.15, -0.1) is 0 Å². The highest BCUT2D eigenvalue weighted by Gasteiger charge is 2.66. The highest BCUT2D eigenvalue weighted by atomic mass is 16.5. The lowest BCUT2D eigenvalue weighted by Crippen LogP contribution is -2.43. The van der Waals surface area contributed by atoms with E-state index in [-0.39, 0.29) is 0 Å². The van der Waals surface area contributed by atoms with Gasteiger partial charge in [-0.25, -0.2) is 0 Å². The molecule has 92 valence electrons. The molecule has 1 saturated heterocycles. The first-order valence-corrected chi connectivity index (χ1v) is 6.74. The molecule has 1 aromatic rings. The third-order valence-corrected chi connectivity index (χ3v) is 4.50. The molecule has 0 amide bonds. The van der Waals surface area contributed by atoms with Crippen LogP contribution in [0.2, 0.25) is 0 Å². The Morgan fingerprint density at radius 2 is 1.94 bits per heavy atom. The Labute approximate surface area is 104 Å². The molecular weight excluding hydrogens is 210 g/mol. The van der Waals surface area contributed by atoms with Crippen molar-refractivity contribution in [3.63, 3.8) is 0 Å². The quantitative estimate of drug-likeness (QED) is 0.790. The fourth-order valence-corrected chi connectivity index (χ4v) is 3.45. The summed E-state index contributed by atoms with van der Waals surface area (Å²) in [6.45, 7) is 7.53. The number of hydrogen-bond acceptors (Lipinski definition) is 2. The van der Waals surface area contributed by atoms with Gasteiger partial charge in [-0.3, -0.25) is 4.90 Å². The van der Waals surface area contributed by atoms with E-state index in [0.29, 0.717) is 11.6 Å². The summed E-state index contributed by atoms with van der Waals surface area (Å²) in [7, 11) is 0. The van der Waals surface area contributed by atoms with Crippen LogP contribution in [0.5, 0.6) is 0 Å². The molecule has 17 heavy (non-hydrogen) atoms. The molecule has 0 bridgehead atoms. The lowest BCUT2D eigenvalue weighted by molar-refractivity contribution is -0.0455. The van der Waals surface area contributed by atoms with Crippen molar-refractivity contribution in [2.24, 2.45) is 5.92 Å². The first-order valence-electron chi connectivity index (χ1n) is 6.74. The van der Waals surface area contributed by atoms with Crippen molar-refractivity contribution < 1.29 is 4.74 Å². The monoisotopic (exact) mass is 231 g/mol. The normalized spacial score (nSPS) is 35.0. The molecule has 0 radical (unpaired) electrons. The minimum absolute atomic E-state index is 0.296. The average Bonchev–Trinajstić information content (AvgIpc) is 3.02. The van der Waals surface area contributed by atoms with E-state index in [1.807, 2.05) is 0 Å². The van der Waals surface area contributed by atoms with Gasteiger partial charge in [0.25, 0.3) is 0 Å². The number of rotatable bonds is 4. The smallest absolute Gasteiger partial charge is 0.120 e. The highest BCUT2D eigenvalue weighted by Crippen LogP contribution is 2.62. The summed E-state index contributed by atoms with van der Waals surface area (Å²) in [6.07, 6.45) is 1.60. The number of hydrogen-bond donors (Lipinski definition) is 0. The van der Waals surface area contributed by atoms with Gasteiger partial charge in [-0.2, -0.15) is 0 Å². The fraction of sp³-hybridized carbons (Fsp3) is 0.600. The molecule has 0 spiro atoms. The Morgan fingerprint density at radius 1 is 1.24 bits per heavy atom. The van der Waals surface area contributed by atoms with E-state index >= 15 is 0 Å². The first-order chi connectivity index (χ1) is 8.32. The Bertz CT molecular complexity index is 387. The summed E-state index contributed by atoms with van der Waals surface area (Å²) in [6, 6.07) is 10.9. The van der Waals surface area contributed by atoms with Crippen LogP contribution in [-0.4, -0.2) is 30.8 Å². The molecule has 1 heterocycles. The molecule has 1 aromatic carbocycles. The number of nitrogens with zero attached hydrogens (tertiary/aromatic N) is 1. The number of ether oxygens (including phenoxy) is 1. The van der Waals surface area contributed by atoms with E-state index in [1.54, 1.807) is 0 Å². The fourth-order valence-electron chi connectivity index (χ4n) is 3.45. The van der Waals surface area contributed by atoms with Crippen LogP contribution in [0.25, 0.3) is 0 Å². The van der Waals surface area contributed by atoms with E-state index in [4.69, 9.17) is 4.74 Å². The summed E-state index contributed by atoms with van der Waals surface area (Å²) < 4.78 is 6.04. The minimum Gasteiger partial charge on any atom is -0.362 e. The van der Waals surface area contributed by atoms with Crippen molar-refractivity contribution in [1.29, 1.82) is 0 Å². The van der Waals surface area contributed by atoms with Gasteiger partial charge in [0.05, 0.1) is 6.61 Å². The highest BCUT2D eigenvalue weighted by molar-refractivity contribution is 5.37. The third-order valence-electron chi connectivity index (χ3n) is 4.50. The Balaban J connectivity index is 1.92. The Morgan fingerprint density at radius 3 is 2.53 bits per heavy atom. The topological polar surface area (TPSA) is 12.5 Å². The van der Waals surface area contributed by atoms with E-state index in [2.05, 4.69) is 49.1 Å². The predicted octanol–water partition coefficient (Wildman–Crippen LogP) is 2.64. The maximum Gasteiger partial charge on any atom is 0.120 e. The van der Waals surface area contributed by atoms with Crippen molar-refractivity contribution in [2.45, 2.75) is 31.9 Å². The zero-order chi connectivity index (χ0) is 11.9. The molecule has 2 heteroatoms. The number of benzene rings is 1. The summed E-state index contributed by atoms with van der Waals surface area (Å²) in [4.78, 5) is 2.46. The summed E-state index contributed by atoms with van der Waals surface area (Å²) in [5.41, 5.74) is 1.77. The maximum absolute atomic E-state index is 6.04. The molecule has 2 aliphatic rings. The van der Waals surface area contributed by atoms with E-state index < -0.39 is 0 Å². The summed E-state index contributed by atoms with van der Waals surface area (Å²) >= 11 is 0. The van der Waals surface area contributed by atoms with Gasteiger partial charge in [-0.05, 0) is 31.0 Å². The molecule has 3 rings (SSSR count). The molecule has 0 aromatic heterocycles. The number of fused-ring (bicyclic) bond motifs is 1. The van der Waals surface area contributed by atoms with Gasteiger partial charge in [-0.1, -0.05) is 44.2 Å². The molecule has 3 atom stereocenters. The van der Waals surface area contributed by atoms with Gasteiger partial charge in [0.2, 0.25) is 0 Å². The van der Waals surface area contributed by atoms with Crippen LogP contribution in [0.1, 0.15) is 25.8 Å². The second-order valence-electron chi connectivity index (χ2n) is 5.21. The van der Waals surface area contributed by atoms with Gasteiger partial charge in [0.1, 0.15) is 6.23 Å². The molecule has 0 N–H and O–H groups in total. The maximum atomic E-state index is 6.04. The SMILES string of the molecule is CCN(CC)C1OCC2CC21c1ccccc1. The van der Waals surface area contributed by atoms with Gasteiger partial charge < -0.3 is 4.74 Å². The minimum atomic E-state index is 0.296. The molecule has 3 unspecified atom stereocenters. The predicted molar refractivity (Wildman–Crippen MR) is 68.9 cm³/mol. The average molecular weight is 231 g/mol. The molecule has 1 saturated carbocycles. The van der Waals surface area contributed by atoms with Crippen molar-refractivity contribution in [2.75, 3.05) is 19.7 Å². The second kappa shape index (κ2) is 4.11. The standard InChI is InChI=1S/C15H21NO/c1-3-16(4-2)14-15(10-13(15)11-17-14)12-8-6-5-7-9-12/h5-9,13-14H,3-4,10-11H2,1-2H3. The largest absolute Gasteiger partial charge is 0.362 e. The van der Waals surface area contributed by atoms with Gasteiger partial charge in [0.15, 0.2) is 0 Å². The van der Waals surface area contributed by atoms with Crippen LogP contribution in [0.4, 0.5) is 0 Å². The van der Waals surface area contributed by atoms with Crippen LogP contribution in [0, 0.1) is 5.92 Å². The third kappa shape index (κ3) is 1.54. The van der Waals surface area contributed by atoms with Crippen molar-refractivity contribution in [3.8, 4) is 0 Å². The summed E-state index contributed by atoms with van der Waals surface area (Å²) in [5.74, 6) is 0.746. The zero-order valence-electron chi connectivity index (χ0n) is 10.7. The van der Waals surface area contributed by atoms with Gasteiger partial charge >= 0.3 is 0 Å². The molecule has 2 fully saturated rings. The van der Waals surface area contributed by atoms with E-state index in [0.717, 1.165) is 25.6 Å². The molecule has 1 aliphatic heterocycles.